The van der Waals surface area contributed by atoms with Crippen molar-refractivity contribution in [3.63, 3.8) is 0 Å². The number of nitrogens with one attached hydrogen (secondary N) is 1. The monoisotopic (exact) mass is 474 g/mol. The van der Waals surface area contributed by atoms with Crippen LogP contribution in [-0.2, 0) is 27.2 Å². The lowest BCUT2D eigenvalue weighted by Gasteiger charge is -2.12. The molecule has 0 bridgehead atoms. The molecule has 3 N–H and O–H groups in total. The highest BCUT2D eigenvalue weighted by Crippen LogP contribution is 2.38. The molecule has 10 heteroatoms. The number of anilines is 1. The van der Waals surface area contributed by atoms with Crippen molar-refractivity contribution in [1.29, 1.82) is 0 Å². The molecule has 0 spiro atoms. The average Bonchev–Trinajstić information content (AvgIpc) is 3.18. The van der Waals surface area contributed by atoms with Gasteiger partial charge in [0.05, 0.1) is 26.9 Å². The van der Waals surface area contributed by atoms with E-state index in [9.17, 15) is 14.4 Å². The Labute approximate surface area is 195 Å². The third-order valence-corrected chi connectivity index (χ3v) is 6.36. The minimum Gasteiger partial charge on any atom is -0.496 e. The number of esters is 1. The summed E-state index contributed by atoms with van der Waals surface area (Å²) >= 11 is 1.35. The smallest absolute Gasteiger partial charge is 0.331 e. The minimum atomic E-state index is -0.720. The Morgan fingerprint density at radius 1 is 1.03 bits per heavy atom. The van der Waals surface area contributed by atoms with Crippen molar-refractivity contribution < 1.29 is 33.3 Å². The fourth-order valence-corrected chi connectivity index (χ4v) is 4.91. The van der Waals surface area contributed by atoms with E-state index < -0.39 is 24.4 Å². The van der Waals surface area contributed by atoms with Crippen LogP contribution in [0.3, 0.4) is 0 Å². The summed E-state index contributed by atoms with van der Waals surface area (Å²) in [7, 11) is 4.50. The van der Waals surface area contributed by atoms with Crippen molar-refractivity contribution in [2.75, 3.05) is 33.3 Å². The molecule has 0 atom stereocenters. The van der Waals surface area contributed by atoms with Gasteiger partial charge in [0.1, 0.15) is 10.8 Å². The van der Waals surface area contributed by atoms with Crippen molar-refractivity contribution in [2.45, 2.75) is 25.7 Å². The van der Waals surface area contributed by atoms with E-state index in [1.54, 1.807) is 12.1 Å². The van der Waals surface area contributed by atoms with Gasteiger partial charge in [0.2, 0.25) is 0 Å². The maximum Gasteiger partial charge on any atom is 0.331 e. The van der Waals surface area contributed by atoms with E-state index in [-0.39, 0.29) is 0 Å². The van der Waals surface area contributed by atoms with Gasteiger partial charge in [0.25, 0.3) is 11.8 Å². The number of ether oxygens (including phenoxy) is 4. The van der Waals surface area contributed by atoms with Gasteiger partial charge in [-0.05, 0) is 43.4 Å². The molecule has 176 valence electrons. The highest BCUT2D eigenvalue weighted by atomic mass is 32.1. The molecule has 1 aromatic carbocycles. The Balaban J connectivity index is 1.63. The number of fused-ring (bicyclic) bond motifs is 1. The summed E-state index contributed by atoms with van der Waals surface area (Å²) in [5.41, 5.74) is 7.37. The first-order valence-corrected chi connectivity index (χ1v) is 11.1. The number of thiophene rings is 1. The van der Waals surface area contributed by atoms with Crippen molar-refractivity contribution >= 4 is 40.2 Å². The van der Waals surface area contributed by atoms with Crippen LogP contribution in [0, 0.1) is 0 Å². The minimum absolute atomic E-state index is 0.356. The Kier molecular flexibility index (Phi) is 7.94. The standard InChI is InChI=1S/C23H26N2O7S/c1-29-15-11-17(31-3)16(30-2)10-13(15)8-9-20(27)32-12-19(26)25-23-21(22(24)28)14-6-4-5-7-18(14)33-23/h8-11H,4-7,12H2,1-3H3,(H2,24,28)(H,25,26)/b9-8+. The van der Waals surface area contributed by atoms with E-state index in [1.165, 1.54) is 44.8 Å². The molecule has 1 aliphatic carbocycles. The normalized spacial score (nSPS) is 12.7. The summed E-state index contributed by atoms with van der Waals surface area (Å²) in [6, 6.07) is 3.28. The van der Waals surface area contributed by atoms with Gasteiger partial charge in [-0.3, -0.25) is 9.59 Å². The van der Waals surface area contributed by atoms with Gasteiger partial charge in [-0.25, -0.2) is 4.79 Å². The second-order valence-electron chi connectivity index (χ2n) is 7.22. The van der Waals surface area contributed by atoms with Crippen LogP contribution < -0.4 is 25.3 Å². The average molecular weight is 475 g/mol. The number of nitrogens with two attached hydrogens (primary N) is 1. The Hall–Kier alpha value is -3.53. The number of hydrogen-bond acceptors (Lipinski definition) is 8. The molecule has 0 unspecified atom stereocenters. The van der Waals surface area contributed by atoms with E-state index in [1.807, 2.05) is 0 Å². The van der Waals surface area contributed by atoms with Gasteiger partial charge in [-0.15, -0.1) is 11.3 Å². The number of hydrogen-bond donors (Lipinski definition) is 2. The fraction of sp³-hybridized carbons (Fsp3) is 0.348. The van der Waals surface area contributed by atoms with Gasteiger partial charge >= 0.3 is 5.97 Å². The van der Waals surface area contributed by atoms with Crippen molar-refractivity contribution in [3.8, 4) is 17.2 Å². The summed E-state index contributed by atoms with van der Waals surface area (Å²) < 4.78 is 20.8. The molecule has 1 aromatic heterocycles. The Bertz CT molecular complexity index is 1090. The van der Waals surface area contributed by atoms with Gasteiger partial charge in [0, 0.05) is 22.6 Å². The van der Waals surface area contributed by atoms with Crippen LogP contribution in [0.25, 0.3) is 6.08 Å². The van der Waals surface area contributed by atoms with E-state index in [2.05, 4.69) is 5.32 Å². The zero-order valence-electron chi connectivity index (χ0n) is 18.7. The summed E-state index contributed by atoms with van der Waals surface area (Å²) in [4.78, 5) is 37.4. The number of aryl methyl sites for hydroxylation is 1. The van der Waals surface area contributed by atoms with Crippen LogP contribution in [-0.4, -0.2) is 45.7 Å². The van der Waals surface area contributed by atoms with Gasteiger partial charge in [-0.1, -0.05) is 0 Å². The number of benzene rings is 1. The maximum atomic E-state index is 12.3. The quantitative estimate of drug-likeness (QED) is 0.423. The molecule has 33 heavy (non-hydrogen) atoms. The van der Waals surface area contributed by atoms with E-state index in [0.29, 0.717) is 33.4 Å². The predicted molar refractivity (Wildman–Crippen MR) is 124 cm³/mol. The van der Waals surface area contributed by atoms with Gasteiger partial charge in [-0.2, -0.15) is 0 Å². The van der Waals surface area contributed by atoms with E-state index >= 15 is 0 Å². The van der Waals surface area contributed by atoms with E-state index in [0.717, 1.165) is 36.1 Å². The highest BCUT2D eigenvalue weighted by molar-refractivity contribution is 7.17. The van der Waals surface area contributed by atoms with Gasteiger partial charge in [0.15, 0.2) is 18.1 Å². The number of carbonyl (C=O) groups is 3. The van der Waals surface area contributed by atoms with Crippen molar-refractivity contribution in [2.24, 2.45) is 5.73 Å². The van der Waals surface area contributed by atoms with Crippen LogP contribution in [0.2, 0.25) is 0 Å². The third kappa shape index (κ3) is 5.64. The molecule has 0 saturated carbocycles. The molecule has 2 amide bonds. The Morgan fingerprint density at radius 3 is 2.36 bits per heavy atom. The summed E-state index contributed by atoms with van der Waals surface area (Å²) in [5, 5.41) is 3.05. The first kappa shape index (κ1) is 24.1. The lowest BCUT2D eigenvalue weighted by molar-refractivity contribution is -0.142. The van der Waals surface area contributed by atoms with Crippen molar-refractivity contribution in [1.82, 2.24) is 0 Å². The van der Waals surface area contributed by atoms with E-state index in [4.69, 9.17) is 24.7 Å². The topological polar surface area (TPSA) is 126 Å². The molecule has 0 radical (unpaired) electrons. The van der Waals surface area contributed by atoms with Crippen LogP contribution >= 0.6 is 11.3 Å². The molecule has 0 fully saturated rings. The maximum absolute atomic E-state index is 12.3. The second-order valence-corrected chi connectivity index (χ2v) is 8.32. The Morgan fingerprint density at radius 2 is 1.70 bits per heavy atom. The van der Waals surface area contributed by atoms with Crippen LogP contribution in [0.1, 0.15) is 39.2 Å². The van der Waals surface area contributed by atoms with Crippen LogP contribution in [0.5, 0.6) is 17.2 Å². The van der Waals surface area contributed by atoms with Gasteiger partial charge < -0.3 is 30.0 Å². The first-order valence-electron chi connectivity index (χ1n) is 10.3. The third-order valence-electron chi connectivity index (χ3n) is 5.15. The lowest BCUT2D eigenvalue weighted by Crippen LogP contribution is -2.22. The number of carbonyl (C=O) groups excluding carboxylic acids is 3. The number of methoxy groups -OCH3 is 3. The number of rotatable bonds is 9. The molecule has 1 heterocycles. The molecule has 0 aliphatic heterocycles. The molecule has 3 rings (SSSR count). The number of amides is 2. The summed E-state index contributed by atoms with van der Waals surface area (Å²) in [6.07, 6.45) is 6.30. The van der Waals surface area contributed by atoms with Crippen molar-refractivity contribution in [3.05, 3.63) is 39.8 Å². The highest BCUT2D eigenvalue weighted by Gasteiger charge is 2.25. The molecule has 9 nitrogen and oxygen atoms in total. The fourth-order valence-electron chi connectivity index (χ4n) is 3.60. The zero-order valence-corrected chi connectivity index (χ0v) is 19.5. The molecule has 2 aromatic rings. The second kappa shape index (κ2) is 10.9. The summed E-state index contributed by atoms with van der Waals surface area (Å²) in [6.45, 7) is -0.507. The molecule has 0 saturated heterocycles. The molecule has 1 aliphatic rings. The first-order chi connectivity index (χ1) is 15.9. The predicted octanol–water partition coefficient (Wildman–Crippen LogP) is 2.95. The lowest BCUT2D eigenvalue weighted by atomic mass is 9.95. The number of primary amides is 1. The molecular weight excluding hydrogens is 448 g/mol. The summed E-state index contributed by atoms with van der Waals surface area (Å²) in [5.74, 6) is -0.432. The van der Waals surface area contributed by atoms with Crippen LogP contribution in [0.15, 0.2) is 18.2 Å². The largest absolute Gasteiger partial charge is 0.496 e. The zero-order chi connectivity index (χ0) is 24.0. The van der Waals surface area contributed by atoms with Crippen LogP contribution in [0.4, 0.5) is 5.00 Å². The SMILES string of the molecule is COc1cc(OC)c(OC)cc1/C=C/C(=O)OCC(=O)Nc1sc2c(c1C(N)=O)CCCC2. The molecular formula is C23H26N2O7S.